The fraction of sp³-hybridized carbons (Fsp3) is 0.0476. The van der Waals surface area contributed by atoms with Gasteiger partial charge in [-0.1, -0.05) is 30.3 Å². The van der Waals surface area contributed by atoms with Crippen molar-refractivity contribution in [2.24, 2.45) is 0 Å². The van der Waals surface area contributed by atoms with Crippen molar-refractivity contribution in [3.8, 4) is 0 Å². The maximum absolute atomic E-state index is 11.6. The van der Waals surface area contributed by atoms with Gasteiger partial charge in [-0.25, -0.2) is 9.97 Å². The van der Waals surface area contributed by atoms with Gasteiger partial charge in [-0.05, 0) is 31.2 Å². The quantitative estimate of drug-likeness (QED) is 0.450. The fourth-order valence-corrected chi connectivity index (χ4v) is 2.88. The summed E-state index contributed by atoms with van der Waals surface area (Å²) in [6.07, 6.45) is 3.17. The summed E-state index contributed by atoms with van der Waals surface area (Å²) < 4.78 is 0. The van der Waals surface area contributed by atoms with Gasteiger partial charge >= 0.3 is 0 Å². The molecule has 7 nitrogen and oxygen atoms in total. The van der Waals surface area contributed by atoms with E-state index >= 15 is 0 Å². The molecule has 0 unspecified atom stereocenters. The Morgan fingerprint density at radius 2 is 1.68 bits per heavy atom. The first-order chi connectivity index (χ1) is 13.6. The van der Waals surface area contributed by atoms with Crippen LogP contribution in [0.25, 0.3) is 10.9 Å². The molecule has 4 rings (SSSR count). The molecule has 0 atom stereocenters. The van der Waals surface area contributed by atoms with E-state index in [2.05, 4.69) is 25.6 Å². The van der Waals surface area contributed by atoms with Gasteiger partial charge < -0.3 is 16.4 Å². The molecular formula is C21H18N6O. The molecule has 0 aliphatic carbocycles. The summed E-state index contributed by atoms with van der Waals surface area (Å²) >= 11 is 0. The monoisotopic (exact) mass is 370 g/mol. The van der Waals surface area contributed by atoms with Crippen LogP contribution in [0.4, 0.5) is 28.7 Å². The van der Waals surface area contributed by atoms with Crippen molar-refractivity contribution in [3.05, 3.63) is 72.7 Å². The van der Waals surface area contributed by atoms with E-state index in [1.165, 1.54) is 13.3 Å². The number of ketones is 1. The van der Waals surface area contributed by atoms with Crippen molar-refractivity contribution < 1.29 is 4.79 Å². The number of nitrogen functional groups attached to an aromatic ring is 1. The van der Waals surface area contributed by atoms with Crippen LogP contribution in [0.5, 0.6) is 0 Å². The van der Waals surface area contributed by atoms with E-state index in [0.29, 0.717) is 22.9 Å². The van der Waals surface area contributed by atoms with Crippen LogP contribution >= 0.6 is 0 Å². The number of pyridine rings is 1. The lowest BCUT2D eigenvalue weighted by Crippen LogP contribution is -2.06. The number of Topliss-reactive ketones (excluding diaryl/α,β-unsaturated/α-hetero) is 1. The summed E-state index contributed by atoms with van der Waals surface area (Å²) in [5, 5.41) is 7.40. The summed E-state index contributed by atoms with van der Waals surface area (Å²) in [4.78, 5) is 24.5. The van der Waals surface area contributed by atoms with Crippen LogP contribution in [-0.2, 0) is 0 Å². The Balaban J connectivity index is 1.65. The van der Waals surface area contributed by atoms with E-state index in [9.17, 15) is 4.79 Å². The molecule has 7 heteroatoms. The third-order valence-corrected chi connectivity index (χ3v) is 4.30. The fourth-order valence-electron chi connectivity index (χ4n) is 2.88. The molecule has 2 aromatic carbocycles. The van der Waals surface area contributed by atoms with Crippen LogP contribution < -0.4 is 16.4 Å². The Kier molecular flexibility index (Phi) is 4.55. The number of nitrogens with one attached hydrogen (secondary N) is 2. The van der Waals surface area contributed by atoms with E-state index in [1.54, 1.807) is 24.4 Å². The number of hydrogen-bond acceptors (Lipinski definition) is 7. The Morgan fingerprint density at radius 1 is 0.929 bits per heavy atom. The van der Waals surface area contributed by atoms with Gasteiger partial charge in [0.05, 0.1) is 11.2 Å². The van der Waals surface area contributed by atoms with Gasteiger partial charge in [-0.15, -0.1) is 0 Å². The van der Waals surface area contributed by atoms with Crippen molar-refractivity contribution in [3.63, 3.8) is 0 Å². The highest BCUT2D eigenvalue weighted by Crippen LogP contribution is 2.30. The highest BCUT2D eigenvalue weighted by Gasteiger charge is 2.11. The average Bonchev–Trinajstić information content (AvgIpc) is 2.71. The van der Waals surface area contributed by atoms with Crippen LogP contribution in [-0.4, -0.2) is 20.7 Å². The van der Waals surface area contributed by atoms with Crippen molar-refractivity contribution >= 4 is 45.4 Å². The number of nitrogens with zero attached hydrogens (tertiary/aromatic N) is 3. The summed E-state index contributed by atoms with van der Waals surface area (Å²) in [6.45, 7) is 1.53. The van der Waals surface area contributed by atoms with Crippen molar-refractivity contribution in [2.45, 2.75) is 6.92 Å². The Bertz CT molecular complexity index is 1170. The normalized spacial score (nSPS) is 10.6. The number of fused-ring (bicyclic) bond motifs is 1. The molecule has 138 valence electrons. The lowest BCUT2D eigenvalue weighted by Gasteiger charge is -2.14. The van der Waals surface area contributed by atoms with Crippen LogP contribution in [0.15, 0.2) is 67.1 Å². The van der Waals surface area contributed by atoms with Gasteiger partial charge in [0.15, 0.2) is 17.4 Å². The molecule has 0 fully saturated rings. The molecule has 0 saturated carbocycles. The second-order valence-corrected chi connectivity index (χ2v) is 6.25. The van der Waals surface area contributed by atoms with E-state index in [-0.39, 0.29) is 5.78 Å². The number of carbonyl (C=O) groups excluding carboxylic acids is 1. The minimum atomic E-state index is -0.00915. The number of rotatable bonds is 5. The molecule has 0 amide bonds. The SMILES string of the molecule is CC(=O)c1cccc(Nc2ncnc(Nc3cccc4cccnc34)c2N)c1. The molecule has 0 bridgehead atoms. The van der Waals surface area contributed by atoms with Gasteiger partial charge in [0.1, 0.15) is 12.0 Å². The second kappa shape index (κ2) is 7.32. The first-order valence-electron chi connectivity index (χ1n) is 8.71. The largest absolute Gasteiger partial charge is 0.393 e. The third kappa shape index (κ3) is 3.45. The number of carbonyl (C=O) groups is 1. The number of benzene rings is 2. The highest BCUT2D eigenvalue weighted by atomic mass is 16.1. The van der Waals surface area contributed by atoms with Gasteiger partial charge in [-0.2, -0.15) is 0 Å². The maximum atomic E-state index is 11.6. The topological polar surface area (TPSA) is 106 Å². The number of hydrogen-bond donors (Lipinski definition) is 3. The summed E-state index contributed by atoms with van der Waals surface area (Å²) in [5.41, 5.74) is 9.60. The predicted molar refractivity (Wildman–Crippen MR) is 111 cm³/mol. The molecule has 0 spiro atoms. The van der Waals surface area contributed by atoms with E-state index in [4.69, 9.17) is 5.73 Å². The number of aromatic nitrogens is 3. The number of para-hydroxylation sites is 1. The van der Waals surface area contributed by atoms with E-state index < -0.39 is 0 Å². The first-order valence-corrected chi connectivity index (χ1v) is 8.71. The van der Waals surface area contributed by atoms with Crippen molar-refractivity contribution in [2.75, 3.05) is 16.4 Å². The van der Waals surface area contributed by atoms with Gasteiger partial charge in [0, 0.05) is 22.8 Å². The molecule has 0 saturated heterocycles. The van der Waals surface area contributed by atoms with Crippen LogP contribution in [0.1, 0.15) is 17.3 Å². The lowest BCUT2D eigenvalue weighted by molar-refractivity contribution is 0.101. The molecule has 2 aromatic heterocycles. The highest BCUT2D eigenvalue weighted by molar-refractivity contribution is 5.96. The van der Waals surface area contributed by atoms with Crippen LogP contribution in [0.3, 0.4) is 0 Å². The minimum absolute atomic E-state index is 0.00915. The number of nitrogens with two attached hydrogens (primary N) is 1. The number of anilines is 5. The zero-order valence-electron chi connectivity index (χ0n) is 15.2. The molecule has 4 N–H and O–H groups in total. The van der Waals surface area contributed by atoms with E-state index in [0.717, 1.165) is 22.3 Å². The summed E-state index contributed by atoms with van der Waals surface area (Å²) in [5.74, 6) is 0.912. The van der Waals surface area contributed by atoms with Crippen molar-refractivity contribution in [1.29, 1.82) is 0 Å². The zero-order valence-corrected chi connectivity index (χ0v) is 15.2. The molecule has 2 heterocycles. The smallest absolute Gasteiger partial charge is 0.159 e. The Hall–Kier alpha value is -4.00. The van der Waals surface area contributed by atoms with Crippen molar-refractivity contribution in [1.82, 2.24) is 15.0 Å². The Morgan fingerprint density at radius 3 is 2.50 bits per heavy atom. The average molecular weight is 370 g/mol. The Labute approximate surface area is 161 Å². The molecule has 28 heavy (non-hydrogen) atoms. The van der Waals surface area contributed by atoms with Gasteiger partial charge in [0.25, 0.3) is 0 Å². The van der Waals surface area contributed by atoms with Crippen LogP contribution in [0, 0.1) is 0 Å². The molecule has 0 radical (unpaired) electrons. The van der Waals surface area contributed by atoms with Gasteiger partial charge in [-0.3, -0.25) is 9.78 Å². The molecule has 0 aliphatic heterocycles. The first kappa shape index (κ1) is 17.4. The zero-order chi connectivity index (χ0) is 19.5. The molecule has 4 aromatic rings. The van der Waals surface area contributed by atoms with E-state index in [1.807, 2.05) is 36.4 Å². The maximum Gasteiger partial charge on any atom is 0.159 e. The third-order valence-electron chi connectivity index (χ3n) is 4.30. The molecule has 0 aliphatic rings. The minimum Gasteiger partial charge on any atom is -0.393 e. The summed E-state index contributed by atoms with van der Waals surface area (Å²) in [7, 11) is 0. The van der Waals surface area contributed by atoms with Crippen LogP contribution in [0.2, 0.25) is 0 Å². The van der Waals surface area contributed by atoms with Gasteiger partial charge in [0.2, 0.25) is 0 Å². The molecular weight excluding hydrogens is 352 g/mol. The predicted octanol–water partition coefficient (Wildman–Crippen LogP) is 4.30. The second-order valence-electron chi connectivity index (χ2n) is 6.25. The standard InChI is InChI=1S/C21H18N6O/c1-13(28)15-6-2-8-16(11-15)26-20-18(22)21(25-12-24-20)27-17-9-3-5-14-7-4-10-23-19(14)17/h2-12H,22H2,1H3,(H2,24,25,26,27). The lowest BCUT2D eigenvalue weighted by atomic mass is 10.1. The summed E-state index contributed by atoms with van der Waals surface area (Å²) in [6, 6.07) is 16.9.